The summed E-state index contributed by atoms with van der Waals surface area (Å²) < 4.78 is 5.24. The second-order valence-corrected chi connectivity index (χ2v) is 8.29. The van der Waals surface area contributed by atoms with Crippen LogP contribution in [0.25, 0.3) is 0 Å². The number of hydrogen-bond donors (Lipinski definition) is 3. The quantitative estimate of drug-likeness (QED) is 0.384. The maximum atomic E-state index is 11.9. The van der Waals surface area contributed by atoms with Gasteiger partial charge < -0.3 is 20.6 Å². The van der Waals surface area contributed by atoms with E-state index in [9.17, 15) is 9.59 Å². The molecule has 7 heteroatoms. The number of aliphatic imine (C=N–C) groups is 1. The van der Waals surface area contributed by atoms with Crippen LogP contribution in [0.2, 0.25) is 0 Å². The molecule has 0 saturated heterocycles. The highest BCUT2D eigenvalue weighted by Gasteiger charge is 2.25. The lowest BCUT2D eigenvalue weighted by molar-refractivity contribution is -0.112. The highest BCUT2D eigenvalue weighted by Crippen LogP contribution is 2.15. The summed E-state index contributed by atoms with van der Waals surface area (Å²) in [5.41, 5.74) is 6.10. The molecule has 7 nitrogen and oxygen atoms in total. The second kappa shape index (κ2) is 9.39. The topological polar surface area (TPSA) is 106 Å². The lowest BCUT2D eigenvalue weighted by Gasteiger charge is -2.27. The summed E-state index contributed by atoms with van der Waals surface area (Å²) in [6.07, 6.45) is 1.00. The van der Waals surface area contributed by atoms with Gasteiger partial charge in [0.1, 0.15) is 11.9 Å². The van der Waals surface area contributed by atoms with E-state index < -0.39 is 17.2 Å². The number of nitrogens with zero attached hydrogens (tertiary/aromatic N) is 1. The van der Waals surface area contributed by atoms with E-state index in [-0.39, 0.29) is 5.96 Å². The molecule has 0 bridgehead atoms. The summed E-state index contributed by atoms with van der Waals surface area (Å²) >= 11 is 0. The molecular formula is C20H32N4O3. The van der Waals surface area contributed by atoms with E-state index in [1.165, 1.54) is 0 Å². The number of carbonyl (C=O) groups excluding carboxylic acids is 2. The Morgan fingerprint density at radius 1 is 1.30 bits per heavy atom. The minimum absolute atomic E-state index is 0.204. The van der Waals surface area contributed by atoms with Crippen LogP contribution < -0.4 is 16.4 Å². The molecule has 1 aromatic carbocycles. The zero-order chi connectivity index (χ0) is 20.7. The summed E-state index contributed by atoms with van der Waals surface area (Å²) in [4.78, 5) is 27.5. The van der Waals surface area contributed by atoms with E-state index in [2.05, 4.69) is 15.6 Å². The summed E-state index contributed by atoms with van der Waals surface area (Å²) in [6, 6.07) is 7.26. The molecule has 0 spiro atoms. The Hall–Kier alpha value is -2.57. The molecule has 1 unspecified atom stereocenters. The molecule has 4 N–H and O–H groups in total. The Morgan fingerprint density at radius 3 is 2.52 bits per heavy atom. The molecule has 150 valence electrons. The van der Waals surface area contributed by atoms with Crippen LogP contribution in [0, 0.1) is 5.92 Å². The van der Waals surface area contributed by atoms with Crippen molar-refractivity contribution in [3.63, 3.8) is 0 Å². The number of nitrogens with one attached hydrogen (secondary N) is 2. The fraction of sp³-hybridized carbons (Fsp3) is 0.550. The van der Waals surface area contributed by atoms with Gasteiger partial charge in [0.05, 0.1) is 12.1 Å². The Morgan fingerprint density at radius 2 is 1.96 bits per heavy atom. The Bertz CT molecular complexity index is 680. The summed E-state index contributed by atoms with van der Waals surface area (Å²) in [5, 5.41) is 5.68. The second-order valence-electron chi connectivity index (χ2n) is 8.29. The molecule has 0 heterocycles. The van der Waals surface area contributed by atoms with Crippen molar-refractivity contribution in [2.24, 2.45) is 16.6 Å². The van der Waals surface area contributed by atoms with Crippen LogP contribution in [-0.2, 0) is 16.1 Å². The van der Waals surface area contributed by atoms with Crippen molar-refractivity contribution in [2.45, 2.75) is 65.6 Å². The summed E-state index contributed by atoms with van der Waals surface area (Å²) in [6.45, 7) is 11.6. The zero-order valence-electron chi connectivity index (χ0n) is 17.1. The number of aldehydes is 1. The van der Waals surface area contributed by atoms with Crippen molar-refractivity contribution in [1.29, 1.82) is 0 Å². The molecule has 0 aromatic heterocycles. The molecule has 1 amide bonds. The average molecular weight is 377 g/mol. The molecule has 0 saturated carbocycles. The third-order valence-corrected chi connectivity index (χ3v) is 3.51. The Labute approximate surface area is 161 Å². The van der Waals surface area contributed by atoms with Gasteiger partial charge >= 0.3 is 6.09 Å². The Kier molecular flexibility index (Phi) is 7.82. The Balaban J connectivity index is 2.72. The van der Waals surface area contributed by atoms with Crippen LogP contribution in [-0.4, -0.2) is 29.5 Å². The fourth-order valence-corrected chi connectivity index (χ4v) is 2.65. The number of benzene rings is 1. The molecule has 1 rings (SSSR count). The van der Waals surface area contributed by atoms with E-state index in [0.29, 0.717) is 24.6 Å². The van der Waals surface area contributed by atoms with E-state index >= 15 is 0 Å². The number of carbonyl (C=O) groups is 2. The van der Waals surface area contributed by atoms with Crippen molar-refractivity contribution in [3.8, 4) is 0 Å². The third-order valence-electron chi connectivity index (χ3n) is 3.51. The molecule has 0 aliphatic carbocycles. The third kappa shape index (κ3) is 9.08. The lowest BCUT2D eigenvalue weighted by Crippen LogP contribution is -2.51. The van der Waals surface area contributed by atoms with Crippen LogP contribution in [0.5, 0.6) is 0 Å². The highest BCUT2D eigenvalue weighted by atomic mass is 16.6. The van der Waals surface area contributed by atoms with Crippen molar-refractivity contribution in [1.82, 2.24) is 5.32 Å². The van der Waals surface area contributed by atoms with Gasteiger partial charge in [0, 0.05) is 5.69 Å². The predicted octanol–water partition coefficient (Wildman–Crippen LogP) is 3.44. The van der Waals surface area contributed by atoms with E-state index in [0.717, 1.165) is 11.8 Å². The van der Waals surface area contributed by atoms with Crippen LogP contribution in [0.1, 0.15) is 53.5 Å². The van der Waals surface area contributed by atoms with Gasteiger partial charge in [-0.1, -0.05) is 26.0 Å². The first-order valence-corrected chi connectivity index (χ1v) is 9.06. The minimum Gasteiger partial charge on any atom is -0.444 e. The molecule has 0 aliphatic rings. The summed E-state index contributed by atoms with van der Waals surface area (Å²) in [7, 11) is 0. The van der Waals surface area contributed by atoms with Gasteiger partial charge in [-0.2, -0.15) is 0 Å². The highest BCUT2D eigenvalue weighted by molar-refractivity contribution is 5.85. The predicted molar refractivity (Wildman–Crippen MR) is 109 cm³/mol. The first-order valence-electron chi connectivity index (χ1n) is 9.06. The van der Waals surface area contributed by atoms with Crippen molar-refractivity contribution >= 4 is 24.0 Å². The van der Waals surface area contributed by atoms with Crippen LogP contribution in [0.15, 0.2) is 29.3 Å². The number of ether oxygens (including phenoxy) is 1. The molecule has 0 radical (unpaired) electrons. The van der Waals surface area contributed by atoms with Gasteiger partial charge in [0.15, 0.2) is 5.96 Å². The minimum atomic E-state index is -0.748. The van der Waals surface area contributed by atoms with Crippen LogP contribution in [0.3, 0.4) is 0 Å². The monoisotopic (exact) mass is 376 g/mol. The van der Waals surface area contributed by atoms with Crippen molar-refractivity contribution < 1.29 is 14.3 Å². The molecule has 1 aromatic rings. The van der Waals surface area contributed by atoms with Gasteiger partial charge in [-0.15, -0.1) is 0 Å². The molecule has 1 atom stereocenters. The standard InChI is InChI=1S/C20H32N4O3/c1-14(2)11-20(6,13-25)24-17(21)22-12-15-8-7-9-16(10-15)23-18(26)27-19(3,4)5/h7-10,13-14H,11-12H2,1-6H3,(H,23,26)(H3,21,22,24). The first kappa shape index (κ1) is 22.5. The SMILES string of the molecule is CC(C)CC(C)(C=O)NC(N)=NCc1cccc(NC(=O)OC(C)(C)C)c1. The van der Waals surface area contributed by atoms with Crippen LogP contribution in [0.4, 0.5) is 10.5 Å². The maximum Gasteiger partial charge on any atom is 0.412 e. The van der Waals surface area contributed by atoms with E-state index in [1.54, 1.807) is 39.8 Å². The molecule has 0 fully saturated rings. The van der Waals surface area contributed by atoms with Gasteiger partial charge in [-0.05, 0) is 57.7 Å². The van der Waals surface area contributed by atoms with Crippen molar-refractivity contribution in [3.05, 3.63) is 29.8 Å². The average Bonchev–Trinajstić information content (AvgIpc) is 2.50. The maximum absolute atomic E-state index is 11.9. The largest absolute Gasteiger partial charge is 0.444 e. The number of nitrogens with two attached hydrogens (primary N) is 1. The zero-order valence-corrected chi connectivity index (χ0v) is 17.1. The van der Waals surface area contributed by atoms with Gasteiger partial charge in [0.2, 0.25) is 0 Å². The number of amides is 1. The smallest absolute Gasteiger partial charge is 0.412 e. The summed E-state index contributed by atoms with van der Waals surface area (Å²) in [5.74, 6) is 0.548. The molecule has 0 aliphatic heterocycles. The number of rotatable bonds is 7. The number of guanidine groups is 1. The van der Waals surface area contributed by atoms with Gasteiger partial charge in [-0.3, -0.25) is 5.32 Å². The number of anilines is 1. The number of hydrogen-bond acceptors (Lipinski definition) is 4. The van der Waals surface area contributed by atoms with E-state index in [1.807, 2.05) is 26.0 Å². The van der Waals surface area contributed by atoms with Gasteiger partial charge in [0.25, 0.3) is 0 Å². The van der Waals surface area contributed by atoms with E-state index in [4.69, 9.17) is 10.5 Å². The lowest BCUT2D eigenvalue weighted by atomic mass is 9.92. The van der Waals surface area contributed by atoms with Crippen LogP contribution >= 0.6 is 0 Å². The van der Waals surface area contributed by atoms with Gasteiger partial charge in [-0.25, -0.2) is 9.79 Å². The fourth-order valence-electron chi connectivity index (χ4n) is 2.65. The van der Waals surface area contributed by atoms with Crippen molar-refractivity contribution in [2.75, 3.05) is 5.32 Å². The normalized spacial score (nSPS) is 14.4. The first-order chi connectivity index (χ1) is 12.4. The molecular weight excluding hydrogens is 344 g/mol. The molecule has 27 heavy (non-hydrogen) atoms.